The summed E-state index contributed by atoms with van der Waals surface area (Å²) >= 11 is 1.38. The number of aliphatic carboxylic acids is 1. The molecule has 0 aromatic carbocycles. The van der Waals surface area contributed by atoms with Crippen molar-refractivity contribution in [2.45, 2.75) is 0 Å². The first-order valence-corrected chi connectivity index (χ1v) is 3.78. The number of carbonyl (C=O) groups is 1. The lowest BCUT2D eigenvalue weighted by atomic mass is 10.4. The van der Waals surface area contributed by atoms with E-state index in [-0.39, 0.29) is 5.76 Å². The van der Waals surface area contributed by atoms with Crippen LogP contribution in [0.2, 0.25) is 0 Å². The quantitative estimate of drug-likeness (QED) is 0.372. The summed E-state index contributed by atoms with van der Waals surface area (Å²) in [4.78, 5) is 9.90. The van der Waals surface area contributed by atoms with E-state index in [2.05, 4.69) is 0 Å². The van der Waals surface area contributed by atoms with Gasteiger partial charge in [0, 0.05) is 0 Å². The Labute approximate surface area is 63.1 Å². The summed E-state index contributed by atoms with van der Waals surface area (Å²) in [6, 6.07) is 0. The number of carboxylic acids is 1. The van der Waals surface area contributed by atoms with E-state index in [0.29, 0.717) is 0 Å². The number of thioether (sulfide) groups is 1. The minimum Gasteiger partial charge on any atom is -0.508 e. The molecule has 0 saturated heterocycles. The van der Waals surface area contributed by atoms with Gasteiger partial charge in [-0.3, -0.25) is 0 Å². The van der Waals surface area contributed by atoms with Gasteiger partial charge >= 0.3 is 5.97 Å². The minimum atomic E-state index is -1.15. The summed E-state index contributed by atoms with van der Waals surface area (Å²) in [6.07, 6.45) is 3.86. The molecule has 56 valence electrons. The smallest absolute Gasteiger partial charge is 0.332 e. The molecule has 0 fully saturated rings. The zero-order valence-electron chi connectivity index (χ0n) is 5.44. The van der Waals surface area contributed by atoms with Crippen molar-refractivity contribution in [3.8, 4) is 0 Å². The van der Waals surface area contributed by atoms with Gasteiger partial charge in [0.05, 0.1) is 6.08 Å². The molecule has 0 unspecified atom stereocenters. The Morgan fingerprint density at radius 1 is 1.50 bits per heavy atom. The maximum Gasteiger partial charge on any atom is 0.332 e. The number of hydrogen-bond acceptors (Lipinski definition) is 3. The maximum absolute atomic E-state index is 9.90. The number of aliphatic hydroxyl groups is 1. The highest BCUT2D eigenvalue weighted by atomic mass is 32.2. The van der Waals surface area contributed by atoms with E-state index in [0.717, 1.165) is 6.08 Å². The SMILES string of the molecule is CS/C=C/C(O)=C/C(=O)O. The van der Waals surface area contributed by atoms with E-state index >= 15 is 0 Å². The van der Waals surface area contributed by atoms with Gasteiger partial charge in [-0.15, -0.1) is 11.8 Å². The molecule has 0 aliphatic heterocycles. The van der Waals surface area contributed by atoms with Crippen LogP contribution in [0.1, 0.15) is 0 Å². The van der Waals surface area contributed by atoms with Crippen LogP contribution in [0, 0.1) is 0 Å². The maximum atomic E-state index is 9.90. The van der Waals surface area contributed by atoms with Gasteiger partial charge in [-0.2, -0.15) is 0 Å². The normalized spacial score (nSPS) is 12.3. The summed E-state index contributed by atoms with van der Waals surface area (Å²) in [7, 11) is 0. The van der Waals surface area contributed by atoms with Gasteiger partial charge in [0.1, 0.15) is 5.76 Å². The fourth-order valence-electron chi connectivity index (χ4n) is 0.312. The van der Waals surface area contributed by atoms with Gasteiger partial charge in [-0.1, -0.05) is 0 Å². The van der Waals surface area contributed by atoms with E-state index < -0.39 is 5.97 Å². The molecular formula is C6H8O3S. The van der Waals surface area contributed by atoms with Crippen LogP contribution in [-0.2, 0) is 4.79 Å². The van der Waals surface area contributed by atoms with Crippen molar-refractivity contribution in [1.82, 2.24) is 0 Å². The first kappa shape index (κ1) is 9.10. The third-order valence-electron chi connectivity index (χ3n) is 0.646. The van der Waals surface area contributed by atoms with Crippen LogP contribution in [0.4, 0.5) is 0 Å². The Hall–Kier alpha value is -0.900. The van der Waals surface area contributed by atoms with E-state index in [4.69, 9.17) is 10.2 Å². The molecule has 0 aliphatic rings. The summed E-state index contributed by atoms with van der Waals surface area (Å²) in [5.74, 6) is -1.40. The molecule has 0 saturated carbocycles. The van der Waals surface area contributed by atoms with Crippen molar-refractivity contribution in [3.63, 3.8) is 0 Å². The lowest BCUT2D eigenvalue weighted by Gasteiger charge is -1.85. The third-order valence-corrected chi connectivity index (χ3v) is 1.05. The molecule has 3 nitrogen and oxygen atoms in total. The molecular weight excluding hydrogens is 152 g/mol. The first-order chi connectivity index (χ1) is 4.66. The molecule has 0 bridgehead atoms. The number of aliphatic hydroxyl groups excluding tert-OH is 1. The van der Waals surface area contributed by atoms with Gasteiger partial charge in [0.25, 0.3) is 0 Å². The molecule has 0 rings (SSSR count). The standard InChI is InChI=1S/C6H8O3S/c1-10-3-2-5(7)4-6(8)9/h2-4,7H,1H3,(H,8,9)/b3-2+,5-4-. The fraction of sp³-hybridized carbons (Fsp3) is 0.167. The molecule has 0 atom stereocenters. The van der Waals surface area contributed by atoms with Crippen LogP contribution in [0.25, 0.3) is 0 Å². The van der Waals surface area contributed by atoms with E-state index in [9.17, 15) is 4.79 Å². The molecule has 0 aromatic rings. The highest BCUT2D eigenvalue weighted by molar-refractivity contribution is 8.01. The highest BCUT2D eigenvalue weighted by Gasteiger charge is 1.90. The van der Waals surface area contributed by atoms with E-state index in [1.54, 1.807) is 5.41 Å². The van der Waals surface area contributed by atoms with Crippen LogP contribution in [0.15, 0.2) is 23.3 Å². The Morgan fingerprint density at radius 2 is 2.10 bits per heavy atom. The van der Waals surface area contributed by atoms with Crippen molar-refractivity contribution < 1.29 is 15.0 Å². The van der Waals surface area contributed by atoms with Crippen LogP contribution >= 0.6 is 11.8 Å². The summed E-state index contributed by atoms with van der Waals surface area (Å²) < 4.78 is 0. The fourth-order valence-corrected chi connectivity index (χ4v) is 0.588. The topological polar surface area (TPSA) is 57.5 Å². The van der Waals surface area contributed by atoms with Crippen molar-refractivity contribution in [2.24, 2.45) is 0 Å². The number of allylic oxidation sites excluding steroid dienone is 1. The molecule has 0 aliphatic carbocycles. The summed E-state index contributed by atoms with van der Waals surface area (Å²) in [5, 5.41) is 18.4. The first-order valence-electron chi connectivity index (χ1n) is 2.49. The largest absolute Gasteiger partial charge is 0.508 e. The second kappa shape index (κ2) is 4.93. The van der Waals surface area contributed by atoms with Crippen molar-refractivity contribution in [2.75, 3.05) is 6.26 Å². The molecule has 4 heteroatoms. The zero-order valence-corrected chi connectivity index (χ0v) is 6.26. The summed E-state index contributed by atoms with van der Waals surface area (Å²) in [6.45, 7) is 0. The lowest BCUT2D eigenvalue weighted by molar-refractivity contribution is -0.131. The number of carboxylic acid groups (broad SMARTS) is 1. The van der Waals surface area contributed by atoms with Crippen molar-refractivity contribution in [3.05, 3.63) is 23.3 Å². The molecule has 0 aromatic heterocycles. The molecule has 0 spiro atoms. The highest BCUT2D eigenvalue weighted by Crippen LogP contribution is 1.98. The van der Waals surface area contributed by atoms with Gasteiger partial charge in [0.15, 0.2) is 0 Å². The van der Waals surface area contributed by atoms with Gasteiger partial charge < -0.3 is 10.2 Å². The molecule has 0 heterocycles. The lowest BCUT2D eigenvalue weighted by Crippen LogP contribution is -1.89. The minimum absolute atomic E-state index is 0.248. The monoisotopic (exact) mass is 160 g/mol. The van der Waals surface area contributed by atoms with Gasteiger partial charge in [0.2, 0.25) is 0 Å². The third kappa shape index (κ3) is 5.24. The molecule has 10 heavy (non-hydrogen) atoms. The Morgan fingerprint density at radius 3 is 2.50 bits per heavy atom. The number of hydrogen-bond donors (Lipinski definition) is 2. The van der Waals surface area contributed by atoms with Crippen LogP contribution in [-0.4, -0.2) is 22.4 Å². The predicted octanol–water partition coefficient (Wildman–Crippen LogP) is 1.39. The van der Waals surface area contributed by atoms with Crippen LogP contribution in [0.5, 0.6) is 0 Å². The average Bonchev–Trinajstić information content (AvgIpc) is 1.82. The van der Waals surface area contributed by atoms with Gasteiger partial charge in [-0.05, 0) is 17.7 Å². The van der Waals surface area contributed by atoms with Crippen LogP contribution < -0.4 is 0 Å². The second-order valence-electron chi connectivity index (χ2n) is 1.45. The van der Waals surface area contributed by atoms with Crippen molar-refractivity contribution in [1.29, 1.82) is 0 Å². The summed E-state index contributed by atoms with van der Waals surface area (Å²) in [5.41, 5.74) is 0. The van der Waals surface area contributed by atoms with Gasteiger partial charge in [-0.25, -0.2) is 4.79 Å². The van der Waals surface area contributed by atoms with Crippen molar-refractivity contribution >= 4 is 17.7 Å². The van der Waals surface area contributed by atoms with E-state index in [1.165, 1.54) is 17.8 Å². The number of rotatable bonds is 3. The molecule has 0 amide bonds. The zero-order chi connectivity index (χ0) is 7.98. The Bertz CT molecular complexity index is 172. The van der Waals surface area contributed by atoms with E-state index in [1.807, 2.05) is 6.26 Å². The average molecular weight is 160 g/mol. The predicted molar refractivity (Wildman–Crippen MR) is 41.0 cm³/mol. The molecule has 0 radical (unpaired) electrons. The van der Waals surface area contributed by atoms with Crippen LogP contribution in [0.3, 0.4) is 0 Å². The second-order valence-corrected chi connectivity index (χ2v) is 2.19. The Balaban J connectivity index is 3.94. The Kier molecular flexibility index (Phi) is 4.49. The molecule has 2 N–H and O–H groups in total.